The van der Waals surface area contributed by atoms with Gasteiger partial charge in [0.25, 0.3) is 0 Å². The number of anilines is 1. The second-order valence-corrected chi connectivity index (χ2v) is 7.85. The first kappa shape index (κ1) is 16.5. The summed E-state index contributed by atoms with van der Waals surface area (Å²) < 4.78 is 23.1. The number of carbonyl (C=O) groups is 1. The zero-order valence-electron chi connectivity index (χ0n) is 12.4. The van der Waals surface area contributed by atoms with E-state index in [-0.39, 0.29) is 17.2 Å². The molecule has 22 heavy (non-hydrogen) atoms. The van der Waals surface area contributed by atoms with Gasteiger partial charge in [-0.25, -0.2) is 8.42 Å². The number of nitrogens with one attached hydrogen (secondary N) is 1. The van der Waals surface area contributed by atoms with E-state index in [0.717, 1.165) is 11.8 Å². The molecule has 116 valence electrons. The van der Waals surface area contributed by atoms with E-state index >= 15 is 0 Å². The Balaban J connectivity index is 1.97. The van der Waals surface area contributed by atoms with Gasteiger partial charge in [-0.1, -0.05) is 42.0 Å². The Kier molecular flexibility index (Phi) is 5.15. The van der Waals surface area contributed by atoms with Gasteiger partial charge in [0, 0.05) is 12.7 Å². The molecule has 2 aromatic rings. The highest BCUT2D eigenvalue weighted by Crippen LogP contribution is 2.27. The average molecular weight is 335 g/mol. The van der Waals surface area contributed by atoms with Gasteiger partial charge in [0.1, 0.15) is 9.90 Å². The number of hydrogen-bond donors (Lipinski definition) is 1. The highest BCUT2D eigenvalue weighted by atomic mass is 32.2. The summed E-state index contributed by atoms with van der Waals surface area (Å²) >= 11 is 1.20. The van der Waals surface area contributed by atoms with Crippen molar-refractivity contribution in [2.24, 2.45) is 0 Å². The second kappa shape index (κ2) is 6.89. The van der Waals surface area contributed by atoms with E-state index in [4.69, 9.17) is 0 Å². The summed E-state index contributed by atoms with van der Waals surface area (Å²) in [7, 11) is -3.33. The van der Waals surface area contributed by atoms with Crippen LogP contribution in [0.1, 0.15) is 17.5 Å². The highest BCUT2D eigenvalue weighted by molar-refractivity contribution is 7.91. The minimum atomic E-state index is -3.33. The van der Waals surface area contributed by atoms with Crippen molar-refractivity contribution in [3.8, 4) is 0 Å². The van der Waals surface area contributed by atoms with Crippen LogP contribution in [0.5, 0.6) is 0 Å². The molecule has 1 amide bonds. The molecule has 0 spiro atoms. The third-order valence-corrected chi connectivity index (χ3v) is 5.07. The molecule has 6 heteroatoms. The molecule has 1 aromatic carbocycles. The molecule has 0 saturated carbocycles. The number of hydrogen-bond acceptors (Lipinski definition) is 4. The fourth-order valence-corrected chi connectivity index (χ4v) is 3.92. The Labute approximate surface area is 134 Å². The Morgan fingerprint density at radius 2 is 1.91 bits per heavy atom. The van der Waals surface area contributed by atoms with Crippen LogP contribution in [0, 0.1) is 6.92 Å². The normalized spacial score (nSPS) is 11.7. The van der Waals surface area contributed by atoms with Crippen LogP contribution in [-0.2, 0) is 14.6 Å². The highest BCUT2D eigenvalue weighted by Gasteiger charge is 2.15. The van der Waals surface area contributed by atoms with Crippen molar-refractivity contribution in [2.45, 2.75) is 18.2 Å². The summed E-state index contributed by atoms with van der Waals surface area (Å²) in [5.74, 6) is -0.240. The van der Waals surface area contributed by atoms with Crippen LogP contribution in [0.3, 0.4) is 0 Å². The van der Waals surface area contributed by atoms with E-state index in [0.29, 0.717) is 5.00 Å². The fraction of sp³-hybridized carbons (Fsp3) is 0.188. The smallest absolute Gasteiger partial charge is 0.228 e. The summed E-state index contributed by atoms with van der Waals surface area (Å²) in [4.78, 5) is 12.0. The van der Waals surface area contributed by atoms with Gasteiger partial charge >= 0.3 is 0 Å². The molecule has 1 N–H and O–H groups in total. The molecule has 0 aliphatic carbocycles. The minimum absolute atomic E-state index is 0.161. The van der Waals surface area contributed by atoms with Crippen LogP contribution < -0.4 is 5.32 Å². The van der Waals surface area contributed by atoms with Crippen LogP contribution in [0.4, 0.5) is 5.00 Å². The zero-order chi connectivity index (χ0) is 16.2. The van der Waals surface area contributed by atoms with Crippen molar-refractivity contribution >= 4 is 38.2 Å². The van der Waals surface area contributed by atoms with Crippen LogP contribution in [-0.4, -0.2) is 20.6 Å². The molecule has 1 heterocycles. The van der Waals surface area contributed by atoms with Gasteiger partial charge in [-0.3, -0.25) is 4.79 Å². The molecule has 0 unspecified atom stereocenters. The number of amides is 1. The summed E-state index contributed by atoms with van der Waals surface area (Å²) in [5, 5.41) is 4.66. The summed E-state index contributed by atoms with van der Waals surface area (Å²) in [5.41, 5.74) is 2.20. The van der Waals surface area contributed by atoms with E-state index in [9.17, 15) is 13.2 Å². The quantitative estimate of drug-likeness (QED) is 0.909. The maximum atomic E-state index is 11.9. The lowest BCUT2D eigenvalue weighted by atomic mass is 10.1. The third-order valence-electron chi connectivity index (χ3n) is 2.97. The van der Waals surface area contributed by atoms with Crippen molar-refractivity contribution in [3.05, 3.63) is 52.9 Å². The van der Waals surface area contributed by atoms with Gasteiger partial charge in [-0.15, -0.1) is 11.3 Å². The molecule has 0 aliphatic heterocycles. The van der Waals surface area contributed by atoms with Crippen molar-refractivity contribution in [2.75, 3.05) is 11.6 Å². The van der Waals surface area contributed by atoms with E-state index in [1.54, 1.807) is 11.5 Å². The average Bonchev–Trinajstić information content (AvgIpc) is 2.89. The molecule has 4 nitrogen and oxygen atoms in total. The number of sulfone groups is 1. The molecule has 0 saturated heterocycles. The summed E-state index contributed by atoms with van der Waals surface area (Å²) in [6.07, 6.45) is 4.94. The predicted octanol–water partition coefficient (Wildman–Crippen LogP) is 3.50. The standard InChI is InChI=1S/C16H17NO3S2/c1-12-6-8-13(9-7-12)4-3-5-15(18)17-16-14(10-11-21-16)22(2,19)20/h3-4,6-11H,5H2,1-2H3,(H,17,18). The third kappa shape index (κ3) is 4.54. The number of rotatable bonds is 5. The molecular weight excluding hydrogens is 318 g/mol. The van der Waals surface area contributed by atoms with E-state index in [1.807, 2.05) is 37.3 Å². The Hall–Kier alpha value is -1.92. The van der Waals surface area contributed by atoms with Gasteiger partial charge in [0.05, 0.1) is 0 Å². The lowest BCUT2D eigenvalue weighted by molar-refractivity contribution is -0.115. The molecule has 0 bridgehead atoms. The van der Waals surface area contributed by atoms with Crippen molar-refractivity contribution < 1.29 is 13.2 Å². The maximum Gasteiger partial charge on any atom is 0.228 e. The largest absolute Gasteiger partial charge is 0.316 e. The summed E-state index contributed by atoms with van der Waals surface area (Å²) in [6, 6.07) is 9.46. The predicted molar refractivity (Wildman–Crippen MR) is 90.9 cm³/mol. The molecule has 0 atom stereocenters. The first-order valence-electron chi connectivity index (χ1n) is 6.67. The Morgan fingerprint density at radius 3 is 2.55 bits per heavy atom. The Morgan fingerprint density at radius 1 is 1.23 bits per heavy atom. The fourth-order valence-electron chi connectivity index (χ4n) is 1.84. The number of thiophene rings is 1. The molecule has 1 aromatic heterocycles. The SMILES string of the molecule is Cc1ccc(C=CCC(=O)Nc2sccc2S(C)(=O)=O)cc1. The molecule has 0 aliphatic rings. The number of aryl methyl sites for hydroxylation is 1. The first-order valence-corrected chi connectivity index (χ1v) is 9.44. The molecular formula is C16H17NO3S2. The van der Waals surface area contributed by atoms with E-state index in [2.05, 4.69) is 5.32 Å². The zero-order valence-corrected chi connectivity index (χ0v) is 14.0. The topological polar surface area (TPSA) is 63.2 Å². The van der Waals surface area contributed by atoms with Crippen LogP contribution in [0.2, 0.25) is 0 Å². The van der Waals surface area contributed by atoms with Gasteiger partial charge in [-0.2, -0.15) is 0 Å². The summed E-state index contributed by atoms with van der Waals surface area (Å²) in [6.45, 7) is 2.02. The van der Waals surface area contributed by atoms with Crippen LogP contribution >= 0.6 is 11.3 Å². The lowest BCUT2D eigenvalue weighted by Gasteiger charge is -2.03. The van der Waals surface area contributed by atoms with Gasteiger partial charge in [0.2, 0.25) is 5.91 Å². The van der Waals surface area contributed by atoms with Crippen molar-refractivity contribution in [1.29, 1.82) is 0 Å². The monoisotopic (exact) mass is 335 g/mol. The lowest BCUT2D eigenvalue weighted by Crippen LogP contribution is -2.11. The van der Waals surface area contributed by atoms with Crippen molar-refractivity contribution in [3.63, 3.8) is 0 Å². The number of benzene rings is 1. The maximum absolute atomic E-state index is 11.9. The van der Waals surface area contributed by atoms with E-state index in [1.165, 1.54) is 23.0 Å². The molecule has 0 fully saturated rings. The van der Waals surface area contributed by atoms with Crippen molar-refractivity contribution in [1.82, 2.24) is 0 Å². The van der Waals surface area contributed by atoms with Crippen LogP contribution in [0.15, 0.2) is 46.7 Å². The van der Waals surface area contributed by atoms with Gasteiger partial charge < -0.3 is 5.32 Å². The molecule has 0 radical (unpaired) electrons. The number of carbonyl (C=O) groups excluding carboxylic acids is 1. The minimum Gasteiger partial charge on any atom is -0.316 e. The second-order valence-electron chi connectivity index (χ2n) is 4.95. The van der Waals surface area contributed by atoms with Crippen LogP contribution in [0.25, 0.3) is 6.08 Å². The van der Waals surface area contributed by atoms with Gasteiger partial charge in [0.15, 0.2) is 9.84 Å². The van der Waals surface area contributed by atoms with Gasteiger partial charge in [-0.05, 0) is 23.9 Å². The first-order chi connectivity index (χ1) is 10.4. The van der Waals surface area contributed by atoms with E-state index < -0.39 is 9.84 Å². The Bertz CT molecular complexity index is 787. The molecule has 2 rings (SSSR count).